The van der Waals surface area contributed by atoms with Gasteiger partial charge < -0.3 is 30.0 Å². The van der Waals surface area contributed by atoms with Crippen LogP contribution in [0.1, 0.15) is 58.6 Å². The number of benzene rings is 2. The molecule has 0 fully saturated rings. The average molecular weight is 612 g/mol. The highest BCUT2D eigenvalue weighted by atomic mass is 16.6. The van der Waals surface area contributed by atoms with Gasteiger partial charge in [0.15, 0.2) is 0 Å². The van der Waals surface area contributed by atoms with Gasteiger partial charge in [-0.2, -0.15) is 0 Å². The van der Waals surface area contributed by atoms with Gasteiger partial charge in [-0.3, -0.25) is 19.3 Å². The normalized spacial score (nSPS) is 13.3. The lowest BCUT2D eigenvalue weighted by Gasteiger charge is -2.26. The maximum atomic E-state index is 12.7. The first kappa shape index (κ1) is 34.0. The minimum Gasteiger partial charge on any atom is -0.480 e. The van der Waals surface area contributed by atoms with Crippen molar-refractivity contribution in [2.24, 2.45) is 0 Å². The number of carboxylic acids is 1. The second-order valence-corrected chi connectivity index (χ2v) is 12.5. The summed E-state index contributed by atoms with van der Waals surface area (Å²) in [6, 6.07) is 14.1. The van der Waals surface area contributed by atoms with Gasteiger partial charge in [-0.15, -0.1) is 0 Å². The van der Waals surface area contributed by atoms with Crippen LogP contribution in [0.15, 0.2) is 48.5 Å². The van der Waals surface area contributed by atoms with E-state index in [1.165, 1.54) is 4.90 Å². The number of nitrogens with zero attached hydrogens (tertiary/aromatic N) is 1. The highest BCUT2D eigenvalue weighted by molar-refractivity contribution is 5.84. The van der Waals surface area contributed by atoms with Gasteiger partial charge >= 0.3 is 24.0 Å². The van der Waals surface area contributed by atoms with E-state index in [1.807, 2.05) is 48.5 Å². The fraction of sp³-hybridized carbons (Fsp3) is 0.469. The number of aliphatic carboxylic acids is 1. The van der Waals surface area contributed by atoms with Gasteiger partial charge in [-0.25, -0.2) is 9.59 Å². The molecule has 0 aliphatic heterocycles. The largest absolute Gasteiger partial charge is 0.480 e. The first-order valence-electron chi connectivity index (χ1n) is 14.3. The van der Waals surface area contributed by atoms with Gasteiger partial charge in [-0.1, -0.05) is 48.5 Å². The third kappa shape index (κ3) is 10.4. The molecule has 1 aliphatic rings. The molecule has 44 heavy (non-hydrogen) atoms. The smallest absolute Gasteiger partial charge is 0.407 e. The summed E-state index contributed by atoms with van der Waals surface area (Å²) >= 11 is 0. The van der Waals surface area contributed by atoms with Crippen LogP contribution in [0.25, 0.3) is 11.1 Å². The van der Waals surface area contributed by atoms with Crippen LogP contribution in [-0.4, -0.2) is 89.9 Å². The quantitative estimate of drug-likeness (QED) is 0.240. The van der Waals surface area contributed by atoms with Gasteiger partial charge in [0.25, 0.3) is 0 Å². The van der Waals surface area contributed by atoms with E-state index < -0.39 is 60.2 Å². The molecule has 2 aromatic rings. The molecule has 238 valence electrons. The number of carbonyl (C=O) groups excluding carboxylic acids is 4. The topological polar surface area (TPSA) is 161 Å². The number of esters is 2. The van der Waals surface area contributed by atoms with Gasteiger partial charge in [-0.05, 0) is 63.8 Å². The second-order valence-electron chi connectivity index (χ2n) is 12.5. The fourth-order valence-corrected chi connectivity index (χ4v) is 4.74. The van der Waals surface area contributed by atoms with Crippen LogP contribution >= 0.6 is 0 Å². The zero-order chi connectivity index (χ0) is 32.7. The van der Waals surface area contributed by atoms with E-state index in [4.69, 9.17) is 14.2 Å². The van der Waals surface area contributed by atoms with Crippen molar-refractivity contribution in [2.75, 3.05) is 32.8 Å². The molecule has 2 amide bonds. The number of fused-ring (bicyclic) bond motifs is 3. The number of carboxylic acid groups (broad SMARTS) is 1. The molecule has 0 heterocycles. The molecule has 3 rings (SSSR count). The number of hydrogen-bond acceptors (Lipinski definition) is 9. The monoisotopic (exact) mass is 611 g/mol. The Morgan fingerprint density at radius 3 is 1.73 bits per heavy atom. The summed E-state index contributed by atoms with van der Waals surface area (Å²) in [6.45, 7) is 8.43. The molecule has 0 saturated carbocycles. The molecule has 1 atom stereocenters. The van der Waals surface area contributed by atoms with Crippen LogP contribution in [0.4, 0.5) is 4.79 Å². The summed E-state index contributed by atoms with van der Waals surface area (Å²) in [7, 11) is 0. The third-order valence-corrected chi connectivity index (χ3v) is 6.35. The molecule has 12 nitrogen and oxygen atoms in total. The minimum absolute atomic E-state index is 0.0111. The molecule has 0 unspecified atom stereocenters. The molecule has 0 aromatic heterocycles. The lowest BCUT2D eigenvalue weighted by atomic mass is 9.98. The van der Waals surface area contributed by atoms with Crippen molar-refractivity contribution in [3.8, 4) is 11.1 Å². The van der Waals surface area contributed by atoms with Crippen LogP contribution in [0.5, 0.6) is 0 Å². The number of amides is 2. The van der Waals surface area contributed by atoms with Crippen LogP contribution < -0.4 is 10.6 Å². The Morgan fingerprint density at radius 2 is 1.27 bits per heavy atom. The van der Waals surface area contributed by atoms with E-state index in [0.29, 0.717) is 0 Å². The molecule has 12 heteroatoms. The van der Waals surface area contributed by atoms with Crippen molar-refractivity contribution in [3.63, 3.8) is 0 Å². The summed E-state index contributed by atoms with van der Waals surface area (Å²) in [5, 5.41) is 14.4. The maximum absolute atomic E-state index is 12.7. The summed E-state index contributed by atoms with van der Waals surface area (Å²) < 4.78 is 16.0. The molecule has 3 N–H and O–H groups in total. The second kappa shape index (κ2) is 14.3. The van der Waals surface area contributed by atoms with E-state index in [9.17, 15) is 29.1 Å². The standard InChI is InChI=1S/C32H41N3O9/c1-31(2,3)43-27(37)17-35(18-28(38)44-32(4,5)6)16-26(36)33-15-25(29(39)40)34-30(41)42-19-24-22-13-9-7-11-20(22)21-12-8-10-14-23(21)24/h7-14,24-25H,15-19H2,1-6H3,(H,33,36)(H,34,41)(H,39,40)/t25-/m0/s1. The number of nitrogens with one attached hydrogen (secondary N) is 2. The van der Waals surface area contributed by atoms with Crippen LogP contribution in [0.2, 0.25) is 0 Å². The summed E-state index contributed by atoms with van der Waals surface area (Å²) in [6.07, 6.45) is -0.954. The Balaban J connectivity index is 1.56. The van der Waals surface area contributed by atoms with E-state index in [0.717, 1.165) is 22.3 Å². The lowest BCUT2D eigenvalue weighted by molar-refractivity contribution is -0.160. The number of ether oxygens (including phenoxy) is 3. The van der Waals surface area contributed by atoms with E-state index in [2.05, 4.69) is 10.6 Å². The predicted octanol–water partition coefficient (Wildman–Crippen LogP) is 3.08. The predicted molar refractivity (Wildman–Crippen MR) is 161 cm³/mol. The Bertz CT molecular complexity index is 1300. The molecule has 2 aromatic carbocycles. The minimum atomic E-state index is -1.50. The van der Waals surface area contributed by atoms with Gasteiger partial charge in [0.2, 0.25) is 5.91 Å². The first-order chi connectivity index (χ1) is 20.5. The van der Waals surface area contributed by atoms with E-state index in [-0.39, 0.29) is 25.6 Å². The van der Waals surface area contributed by atoms with Crippen molar-refractivity contribution < 1.29 is 43.3 Å². The average Bonchev–Trinajstić information content (AvgIpc) is 3.21. The highest BCUT2D eigenvalue weighted by Crippen LogP contribution is 2.44. The fourth-order valence-electron chi connectivity index (χ4n) is 4.74. The SMILES string of the molecule is CC(C)(C)OC(=O)CN(CC(=O)NC[C@H](NC(=O)OCC1c2ccccc2-c2ccccc21)C(=O)O)CC(=O)OC(C)(C)C. The number of carbonyl (C=O) groups is 5. The van der Waals surface area contributed by atoms with Gasteiger partial charge in [0.1, 0.15) is 23.9 Å². The Hall–Kier alpha value is -4.45. The summed E-state index contributed by atoms with van der Waals surface area (Å²) in [5.74, 6) is -3.60. The maximum Gasteiger partial charge on any atom is 0.407 e. The highest BCUT2D eigenvalue weighted by Gasteiger charge is 2.30. The van der Waals surface area contributed by atoms with Crippen molar-refractivity contribution in [3.05, 3.63) is 59.7 Å². The number of alkyl carbamates (subject to hydrolysis) is 1. The Kier molecular flexibility index (Phi) is 11.1. The van der Waals surface area contributed by atoms with Gasteiger partial charge in [0, 0.05) is 12.5 Å². The zero-order valence-corrected chi connectivity index (χ0v) is 26.0. The molecule has 0 spiro atoms. The van der Waals surface area contributed by atoms with Crippen LogP contribution in [-0.2, 0) is 33.4 Å². The first-order valence-corrected chi connectivity index (χ1v) is 14.3. The molecule has 0 saturated heterocycles. The number of rotatable bonds is 12. The Labute approximate surface area is 257 Å². The number of hydrogen-bond donors (Lipinski definition) is 3. The van der Waals surface area contributed by atoms with Crippen molar-refractivity contribution in [1.29, 1.82) is 0 Å². The summed E-state index contributed by atoms with van der Waals surface area (Å²) in [4.78, 5) is 63.2. The summed E-state index contributed by atoms with van der Waals surface area (Å²) in [5.41, 5.74) is 2.55. The van der Waals surface area contributed by atoms with Gasteiger partial charge in [0.05, 0.1) is 19.6 Å². The molecular formula is C32H41N3O9. The van der Waals surface area contributed by atoms with Crippen molar-refractivity contribution >= 4 is 29.9 Å². The van der Waals surface area contributed by atoms with Crippen molar-refractivity contribution in [1.82, 2.24) is 15.5 Å². The van der Waals surface area contributed by atoms with Crippen molar-refractivity contribution in [2.45, 2.75) is 64.7 Å². The van der Waals surface area contributed by atoms with E-state index >= 15 is 0 Å². The van der Waals surface area contributed by atoms with Crippen LogP contribution in [0, 0.1) is 0 Å². The third-order valence-electron chi connectivity index (χ3n) is 6.35. The zero-order valence-electron chi connectivity index (χ0n) is 26.0. The molecular weight excluding hydrogens is 570 g/mol. The van der Waals surface area contributed by atoms with Crippen LogP contribution in [0.3, 0.4) is 0 Å². The van der Waals surface area contributed by atoms with E-state index in [1.54, 1.807) is 41.5 Å². The lowest BCUT2D eigenvalue weighted by Crippen LogP contribution is -2.51. The molecule has 1 aliphatic carbocycles. The molecule has 0 radical (unpaired) electrons. The molecule has 0 bridgehead atoms. The Morgan fingerprint density at radius 1 is 0.795 bits per heavy atom.